The van der Waals surface area contributed by atoms with Crippen LogP contribution < -0.4 is 11.3 Å². The lowest BCUT2D eigenvalue weighted by atomic mass is 10.1. The maximum Gasteiger partial charge on any atom is 0.449 e. The minimum Gasteiger partial charge on any atom is -0.393 e. The van der Waals surface area contributed by atoms with Crippen LogP contribution >= 0.6 is 0 Å². The van der Waals surface area contributed by atoms with Gasteiger partial charge in [0.15, 0.2) is 0 Å². The number of Topliss-reactive ketones (excluding diaryl/α,β-unsaturated/α-hetero) is 1. The number of nitrogens with zero attached hydrogens (tertiary/aromatic N) is 2. The Bertz CT molecular complexity index is 776. The Morgan fingerprint density at radius 1 is 1.21 bits per heavy atom. The molecule has 8 heteroatoms. The number of hydrogen-bond donors (Lipinski definition) is 1. The maximum atomic E-state index is 12.4. The third-order valence-corrected chi connectivity index (χ3v) is 3.72. The van der Waals surface area contributed by atoms with Crippen LogP contribution in [0.25, 0.3) is 5.69 Å². The van der Waals surface area contributed by atoms with Crippen LogP contribution in [0.3, 0.4) is 0 Å². The molecule has 1 aromatic heterocycles. The van der Waals surface area contributed by atoms with Gasteiger partial charge >= 0.3 is 6.18 Å². The number of benzene rings is 1. The van der Waals surface area contributed by atoms with Crippen molar-refractivity contribution in [3.8, 4) is 5.69 Å². The highest BCUT2D eigenvalue weighted by molar-refractivity contribution is 5.83. The highest BCUT2D eigenvalue weighted by Gasteiger charge is 2.37. The van der Waals surface area contributed by atoms with Gasteiger partial charge in [0.05, 0.1) is 11.4 Å². The summed E-state index contributed by atoms with van der Waals surface area (Å²) in [5, 5.41) is 0. The minimum atomic E-state index is -4.83. The van der Waals surface area contributed by atoms with Crippen molar-refractivity contribution >= 4 is 11.5 Å². The average Bonchev–Trinajstić information content (AvgIpc) is 2.78. The number of anilines is 1. The van der Waals surface area contributed by atoms with E-state index in [0.717, 1.165) is 0 Å². The van der Waals surface area contributed by atoms with Gasteiger partial charge in [-0.2, -0.15) is 13.2 Å². The number of halogens is 3. The third kappa shape index (κ3) is 3.52. The summed E-state index contributed by atoms with van der Waals surface area (Å²) in [6, 6.07) is 8.83. The molecule has 1 aromatic carbocycles. The van der Waals surface area contributed by atoms with Crippen LogP contribution in [0.5, 0.6) is 0 Å². The van der Waals surface area contributed by atoms with Gasteiger partial charge in [0.1, 0.15) is 5.69 Å². The van der Waals surface area contributed by atoms with Gasteiger partial charge in [0, 0.05) is 13.0 Å². The summed E-state index contributed by atoms with van der Waals surface area (Å²) >= 11 is 0. The summed E-state index contributed by atoms with van der Waals surface area (Å²) < 4.78 is 39.8. The van der Waals surface area contributed by atoms with Crippen LogP contribution in [0.1, 0.15) is 25.5 Å². The summed E-state index contributed by atoms with van der Waals surface area (Å²) in [5.74, 6) is -1.77. The molecule has 0 saturated heterocycles. The number of nitrogen functional groups attached to an aromatic ring is 1. The molecule has 130 valence electrons. The first kappa shape index (κ1) is 17.8. The fraction of sp³-hybridized carbons (Fsp3) is 0.375. The zero-order valence-corrected chi connectivity index (χ0v) is 13.1. The quantitative estimate of drug-likeness (QED) is 0.878. The van der Waals surface area contributed by atoms with Crippen LogP contribution in [0, 0.1) is 0 Å². The monoisotopic (exact) mass is 341 g/mol. The largest absolute Gasteiger partial charge is 0.449 e. The molecule has 0 spiro atoms. The SMILES string of the molecule is CCn1c(CCCC(=O)C(F)(F)F)c(N)c(=O)n1-c1ccccc1. The van der Waals surface area contributed by atoms with Crippen molar-refractivity contribution in [3.63, 3.8) is 0 Å². The Balaban J connectivity index is 2.29. The highest BCUT2D eigenvalue weighted by Crippen LogP contribution is 2.21. The molecule has 0 unspecified atom stereocenters. The number of ketones is 1. The molecule has 1 heterocycles. The van der Waals surface area contributed by atoms with Crippen molar-refractivity contribution in [2.24, 2.45) is 0 Å². The van der Waals surface area contributed by atoms with Gasteiger partial charge in [-0.3, -0.25) is 14.3 Å². The molecule has 0 aliphatic carbocycles. The molecular weight excluding hydrogens is 323 g/mol. The molecule has 0 saturated carbocycles. The Labute approximate surface area is 136 Å². The van der Waals surface area contributed by atoms with Gasteiger partial charge in [-0.15, -0.1) is 0 Å². The molecule has 0 bridgehead atoms. The van der Waals surface area contributed by atoms with E-state index in [2.05, 4.69) is 0 Å². The van der Waals surface area contributed by atoms with E-state index in [-0.39, 0.29) is 18.5 Å². The van der Waals surface area contributed by atoms with Gasteiger partial charge in [-0.25, -0.2) is 4.68 Å². The summed E-state index contributed by atoms with van der Waals surface area (Å²) in [4.78, 5) is 23.4. The van der Waals surface area contributed by atoms with E-state index in [1.54, 1.807) is 35.0 Å². The Hall–Kier alpha value is -2.51. The highest BCUT2D eigenvalue weighted by atomic mass is 19.4. The Kier molecular flexibility index (Phi) is 5.16. The zero-order valence-electron chi connectivity index (χ0n) is 13.1. The lowest BCUT2D eigenvalue weighted by molar-refractivity contribution is -0.171. The van der Waals surface area contributed by atoms with Gasteiger partial charge in [-0.05, 0) is 31.9 Å². The molecule has 0 amide bonds. The number of alkyl halides is 3. The normalized spacial score (nSPS) is 11.7. The summed E-state index contributed by atoms with van der Waals surface area (Å²) in [7, 11) is 0. The number of rotatable bonds is 6. The molecule has 2 N–H and O–H groups in total. The van der Waals surface area contributed by atoms with E-state index in [1.165, 1.54) is 4.68 Å². The van der Waals surface area contributed by atoms with Crippen LogP contribution in [-0.4, -0.2) is 21.3 Å². The fourth-order valence-electron chi connectivity index (χ4n) is 2.59. The molecule has 0 atom stereocenters. The fourth-order valence-corrected chi connectivity index (χ4v) is 2.59. The first-order chi connectivity index (χ1) is 11.3. The molecule has 0 fully saturated rings. The van der Waals surface area contributed by atoms with Gasteiger partial charge in [-0.1, -0.05) is 18.2 Å². The van der Waals surface area contributed by atoms with Crippen molar-refractivity contribution in [1.29, 1.82) is 0 Å². The maximum absolute atomic E-state index is 12.4. The second-order valence-corrected chi connectivity index (χ2v) is 5.30. The van der Waals surface area contributed by atoms with Crippen LogP contribution in [-0.2, 0) is 17.8 Å². The zero-order chi connectivity index (χ0) is 17.9. The molecular formula is C16H18F3N3O2. The van der Waals surface area contributed by atoms with Crippen LogP contribution in [0.2, 0.25) is 0 Å². The third-order valence-electron chi connectivity index (χ3n) is 3.72. The molecule has 24 heavy (non-hydrogen) atoms. The van der Waals surface area contributed by atoms with Gasteiger partial charge in [0.2, 0.25) is 5.78 Å². The predicted octanol–water partition coefficient (Wildman–Crippen LogP) is 2.70. The number of aromatic nitrogens is 2. The van der Waals surface area contributed by atoms with E-state index in [0.29, 0.717) is 17.9 Å². The minimum absolute atomic E-state index is 0.000149. The first-order valence-electron chi connectivity index (χ1n) is 7.53. The summed E-state index contributed by atoms with van der Waals surface area (Å²) in [6.45, 7) is 2.23. The van der Waals surface area contributed by atoms with E-state index >= 15 is 0 Å². The second-order valence-electron chi connectivity index (χ2n) is 5.30. The molecule has 0 aliphatic rings. The first-order valence-corrected chi connectivity index (χ1v) is 7.53. The van der Waals surface area contributed by atoms with Crippen molar-refractivity contribution in [3.05, 3.63) is 46.4 Å². The van der Waals surface area contributed by atoms with Gasteiger partial charge < -0.3 is 5.73 Å². The topological polar surface area (TPSA) is 70.0 Å². The van der Waals surface area contributed by atoms with Crippen LogP contribution in [0.15, 0.2) is 35.1 Å². The van der Waals surface area contributed by atoms with E-state index in [1.807, 2.05) is 6.92 Å². The molecule has 5 nitrogen and oxygen atoms in total. The lowest BCUT2D eigenvalue weighted by Crippen LogP contribution is -2.23. The van der Waals surface area contributed by atoms with E-state index in [9.17, 15) is 22.8 Å². The number of carbonyl (C=O) groups excluding carboxylic acids is 1. The molecule has 2 rings (SSSR count). The lowest BCUT2D eigenvalue weighted by Gasteiger charge is -2.13. The van der Waals surface area contributed by atoms with Crippen molar-refractivity contribution in [2.45, 2.75) is 38.9 Å². The number of hydrogen-bond acceptors (Lipinski definition) is 3. The van der Waals surface area contributed by atoms with Crippen molar-refractivity contribution in [1.82, 2.24) is 9.36 Å². The van der Waals surface area contributed by atoms with E-state index < -0.39 is 23.9 Å². The predicted molar refractivity (Wildman–Crippen MR) is 84.1 cm³/mol. The smallest absolute Gasteiger partial charge is 0.393 e. The number of nitrogens with two attached hydrogens (primary N) is 1. The van der Waals surface area contributed by atoms with Crippen LogP contribution in [0.4, 0.5) is 18.9 Å². The van der Waals surface area contributed by atoms with Crippen molar-refractivity contribution < 1.29 is 18.0 Å². The van der Waals surface area contributed by atoms with Gasteiger partial charge in [0.25, 0.3) is 5.56 Å². The Morgan fingerprint density at radius 3 is 2.38 bits per heavy atom. The van der Waals surface area contributed by atoms with Crippen molar-refractivity contribution in [2.75, 3.05) is 5.73 Å². The summed E-state index contributed by atoms with van der Waals surface area (Å²) in [6.07, 6.45) is -5.36. The standard InChI is InChI=1S/C16H18F3N3O2/c1-2-21-12(9-6-10-13(23)16(17,18)19)14(20)15(24)22(21)11-7-4-3-5-8-11/h3-5,7-8H,2,6,9-10,20H2,1H3. The number of carbonyl (C=O) groups is 1. The second kappa shape index (κ2) is 6.94. The Morgan fingerprint density at radius 2 is 1.83 bits per heavy atom. The summed E-state index contributed by atoms with van der Waals surface area (Å²) in [5.41, 5.74) is 6.51. The molecule has 0 aliphatic heterocycles. The number of para-hydroxylation sites is 1. The molecule has 2 aromatic rings. The average molecular weight is 341 g/mol. The molecule has 0 radical (unpaired) electrons. The van der Waals surface area contributed by atoms with E-state index in [4.69, 9.17) is 5.73 Å².